The molecule has 0 spiro atoms. The molecule has 0 unspecified atom stereocenters. The normalized spacial score (nSPS) is 10.4. The third kappa shape index (κ3) is 3.24. The van der Waals surface area contributed by atoms with Gasteiger partial charge >= 0.3 is 0 Å². The maximum Gasteiger partial charge on any atom is 0.131 e. The maximum atomic E-state index is 4.34. The molecule has 1 N–H and O–H groups in total. The first-order valence-corrected chi connectivity index (χ1v) is 7.05. The predicted molar refractivity (Wildman–Crippen MR) is 83.0 cm³/mol. The fraction of sp³-hybridized carbons (Fsp3) is 0.0667. The fourth-order valence-electron chi connectivity index (χ4n) is 1.91. The number of pyridine rings is 1. The van der Waals surface area contributed by atoms with Crippen LogP contribution in [0.4, 0.5) is 11.5 Å². The van der Waals surface area contributed by atoms with E-state index in [1.807, 2.05) is 47.3 Å². The van der Waals surface area contributed by atoms with E-state index in [0.717, 1.165) is 22.7 Å². The summed E-state index contributed by atoms with van der Waals surface area (Å²) in [4.78, 5) is 4.33. The Labute approximate surface area is 125 Å². The molecule has 3 rings (SSSR count). The summed E-state index contributed by atoms with van der Waals surface area (Å²) in [6.07, 6.45) is 3.76. The van der Waals surface area contributed by atoms with Crippen LogP contribution in [0.15, 0.2) is 65.5 Å². The first-order chi connectivity index (χ1) is 9.79. The lowest BCUT2D eigenvalue weighted by atomic mass is 10.2. The largest absolute Gasteiger partial charge is 0.338 e. The molecule has 4 nitrogen and oxygen atoms in total. The molecule has 2 aromatic heterocycles. The van der Waals surface area contributed by atoms with Gasteiger partial charge in [-0.3, -0.25) is 4.68 Å². The Hall–Kier alpha value is -2.14. The molecule has 0 atom stereocenters. The Morgan fingerprint density at radius 2 is 1.90 bits per heavy atom. The SMILES string of the molecule is Brc1cccc(Nc2cnn(Cc3ccccc3)c2)n1. The molecule has 0 aliphatic heterocycles. The first-order valence-electron chi connectivity index (χ1n) is 6.25. The molecule has 0 saturated heterocycles. The molecular weight excluding hydrogens is 316 g/mol. The molecule has 3 aromatic rings. The van der Waals surface area contributed by atoms with Crippen molar-refractivity contribution in [2.24, 2.45) is 0 Å². The van der Waals surface area contributed by atoms with Crippen molar-refractivity contribution >= 4 is 27.4 Å². The van der Waals surface area contributed by atoms with E-state index in [1.54, 1.807) is 6.20 Å². The van der Waals surface area contributed by atoms with Crippen LogP contribution < -0.4 is 5.32 Å². The molecule has 2 heterocycles. The van der Waals surface area contributed by atoms with Gasteiger partial charge in [-0.25, -0.2) is 4.98 Å². The van der Waals surface area contributed by atoms with Crippen molar-refractivity contribution in [3.8, 4) is 0 Å². The van der Waals surface area contributed by atoms with E-state index in [2.05, 4.69) is 43.5 Å². The average Bonchev–Trinajstić information content (AvgIpc) is 2.87. The lowest BCUT2D eigenvalue weighted by Crippen LogP contribution is -1.99. The summed E-state index contributed by atoms with van der Waals surface area (Å²) in [5, 5.41) is 7.57. The number of aromatic nitrogens is 3. The highest BCUT2D eigenvalue weighted by Crippen LogP contribution is 2.16. The number of nitrogens with one attached hydrogen (secondary N) is 1. The van der Waals surface area contributed by atoms with E-state index in [9.17, 15) is 0 Å². The van der Waals surface area contributed by atoms with Crippen LogP contribution in [0, 0.1) is 0 Å². The van der Waals surface area contributed by atoms with Crippen molar-refractivity contribution in [2.75, 3.05) is 5.32 Å². The van der Waals surface area contributed by atoms with Crippen LogP contribution in [0.1, 0.15) is 5.56 Å². The van der Waals surface area contributed by atoms with Crippen LogP contribution in [0.5, 0.6) is 0 Å². The van der Waals surface area contributed by atoms with Gasteiger partial charge in [-0.2, -0.15) is 5.10 Å². The quantitative estimate of drug-likeness (QED) is 0.740. The van der Waals surface area contributed by atoms with Gasteiger partial charge in [0.1, 0.15) is 10.4 Å². The van der Waals surface area contributed by atoms with Gasteiger partial charge in [-0.1, -0.05) is 36.4 Å². The topological polar surface area (TPSA) is 42.7 Å². The summed E-state index contributed by atoms with van der Waals surface area (Å²) in [5.74, 6) is 0.790. The second kappa shape index (κ2) is 5.88. The Bertz CT molecular complexity index is 694. The monoisotopic (exact) mass is 328 g/mol. The molecule has 1 aromatic carbocycles. The van der Waals surface area contributed by atoms with Gasteiger partial charge in [0.05, 0.1) is 18.4 Å². The van der Waals surface area contributed by atoms with Crippen LogP contribution in [-0.4, -0.2) is 14.8 Å². The number of anilines is 2. The van der Waals surface area contributed by atoms with Crippen LogP contribution in [0.3, 0.4) is 0 Å². The number of benzene rings is 1. The number of halogens is 1. The van der Waals surface area contributed by atoms with Crippen molar-refractivity contribution < 1.29 is 0 Å². The van der Waals surface area contributed by atoms with Gasteiger partial charge in [-0.05, 0) is 33.6 Å². The molecule has 0 aliphatic rings. The molecule has 5 heteroatoms. The smallest absolute Gasteiger partial charge is 0.131 e. The third-order valence-electron chi connectivity index (χ3n) is 2.81. The maximum absolute atomic E-state index is 4.34. The number of nitrogens with zero attached hydrogens (tertiary/aromatic N) is 3. The summed E-state index contributed by atoms with van der Waals surface area (Å²) in [5.41, 5.74) is 2.15. The average molecular weight is 329 g/mol. The highest BCUT2D eigenvalue weighted by Gasteiger charge is 2.01. The van der Waals surface area contributed by atoms with Crippen LogP contribution in [0.2, 0.25) is 0 Å². The zero-order valence-electron chi connectivity index (χ0n) is 10.7. The molecule has 0 aliphatic carbocycles. The van der Waals surface area contributed by atoms with E-state index < -0.39 is 0 Å². The van der Waals surface area contributed by atoms with Gasteiger partial charge in [0.2, 0.25) is 0 Å². The number of hydrogen-bond donors (Lipinski definition) is 1. The Morgan fingerprint density at radius 3 is 2.70 bits per heavy atom. The van der Waals surface area contributed by atoms with E-state index in [-0.39, 0.29) is 0 Å². The van der Waals surface area contributed by atoms with Crippen LogP contribution in [-0.2, 0) is 6.54 Å². The molecule has 0 bridgehead atoms. The summed E-state index contributed by atoms with van der Waals surface area (Å²) >= 11 is 3.35. The summed E-state index contributed by atoms with van der Waals surface area (Å²) in [7, 11) is 0. The summed E-state index contributed by atoms with van der Waals surface area (Å²) in [6.45, 7) is 0.758. The fourth-order valence-corrected chi connectivity index (χ4v) is 2.25. The van der Waals surface area contributed by atoms with Gasteiger partial charge in [0, 0.05) is 6.20 Å². The van der Waals surface area contributed by atoms with Crippen LogP contribution >= 0.6 is 15.9 Å². The zero-order valence-corrected chi connectivity index (χ0v) is 12.3. The van der Waals surface area contributed by atoms with Gasteiger partial charge in [0.25, 0.3) is 0 Å². The molecule has 0 radical (unpaired) electrons. The molecule has 0 fully saturated rings. The van der Waals surface area contributed by atoms with Crippen molar-refractivity contribution in [3.63, 3.8) is 0 Å². The third-order valence-corrected chi connectivity index (χ3v) is 3.25. The summed E-state index contributed by atoms with van der Waals surface area (Å²) < 4.78 is 2.70. The second-order valence-corrected chi connectivity index (χ2v) is 5.20. The highest BCUT2D eigenvalue weighted by atomic mass is 79.9. The predicted octanol–water partition coefficient (Wildman–Crippen LogP) is 3.83. The standard InChI is InChI=1S/C15H13BrN4/c16-14-7-4-8-15(19-14)18-13-9-17-20(11-13)10-12-5-2-1-3-6-12/h1-9,11H,10H2,(H,18,19). The molecular formula is C15H13BrN4. The van der Waals surface area contributed by atoms with Crippen molar-refractivity contribution in [3.05, 3.63) is 71.1 Å². The minimum absolute atomic E-state index is 0.758. The van der Waals surface area contributed by atoms with Gasteiger partial charge < -0.3 is 5.32 Å². The lowest BCUT2D eigenvalue weighted by molar-refractivity contribution is 0.687. The summed E-state index contributed by atoms with van der Waals surface area (Å²) in [6, 6.07) is 16.0. The highest BCUT2D eigenvalue weighted by molar-refractivity contribution is 9.10. The zero-order chi connectivity index (χ0) is 13.8. The Kier molecular flexibility index (Phi) is 3.78. The van der Waals surface area contributed by atoms with Crippen LogP contribution in [0.25, 0.3) is 0 Å². The second-order valence-electron chi connectivity index (χ2n) is 4.38. The van der Waals surface area contributed by atoms with Gasteiger partial charge in [0.15, 0.2) is 0 Å². The van der Waals surface area contributed by atoms with Crippen molar-refractivity contribution in [1.29, 1.82) is 0 Å². The Morgan fingerprint density at radius 1 is 1.05 bits per heavy atom. The molecule has 0 amide bonds. The molecule has 20 heavy (non-hydrogen) atoms. The minimum Gasteiger partial charge on any atom is -0.338 e. The Balaban J connectivity index is 1.71. The van der Waals surface area contributed by atoms with Crippen molar-refractivity contribution in [1.82, 2.24) is 14.8 Å². The first kappa shape index (κ1) is 12.9. The minimum atomic E-state index is 0.758. The van der Waals surface area contributed by atoms with Gasteiger partial charge in [-0.15, -0.1) is 0 Å². The van der Waals surface area contributed by atoms with E-state index in [0.29, 0.717) is 0 Å². The molecule has 0 saturated carbocycles. The molecule has 100 valence electrons. The van der Waals surface area contributed by atoms with E-state index >= 15 is 0 Å². The van der Waals surface area contributed by atoms with Crippen molar-refractivity contribution in [2.45, 2.75) is 6.54 Å². The van der Waals surface area contributed by atoms with E-state index in [1.165, 1.54) is 5.56 Å². The number of rotatable bonds is 4. The number of hydrogen-bond acceptors (Lipinski definition) is 3. The van der Waals surface area contributed by atoms with E-state index in [4.69, 9.17) is 0 Å². The lowest BCUT2D eigenvalue weighted by Gasteiger charge is -2.03.